The highest BCUT2D eigenvalue weighted by Gasteiger charge is 2.19. The van der Waals surface area contributed by atoms with Crippen molar-refractivity contribution in [3.63, 3.8) is 0 Å². The largest absolute Gasteiger partial charge is 0.436 e. The Labute approximate surface area is 171 Å². The normalized spacial score (nSPS) is 10.7. The number of para-hydroxylation sites is 1. The summed E-state index contributed by atoms with van der Waals surface area (Å²) in [6.07, 6.45) is 0. The third-order valence-corrected chi connectivity index (χ3v) is 4.62. The molecule has 0 aliphatic rings. The van der Waals surface area contributed by atoms with Gasteiger partial charge in [-0.05, 0) is 48.5 Å². The zero-order chi connectivity index (χ0) is 21.3. The van der Waals surface area contributed by atoms with Gasteiger partial charge in [-0.1, -0.05) is 12.1 Å². The second kappa shape index (κ2) is 7.67. The summed E-state index contributed by atoms with van der Waals surface area (Å²) in [6, 6.07) is 18.7. The van der Waals surface area contributed by atoms with Crippen molar-refractivity contribution in [2.45, 2.75) is 0 Å². The van der Waals surface area contributed by atoms with Crippen molar-refractivity contribution in [2.24, 2.45) is 0 Å². The minimum atomic E-state index is -0.580. The average molecular weight is 402 g/mol. The Hall–Kier alpha value is -4.20. The van der Waals surface area contributed by atoms with Crippen LogP contribution in [0.4, 0.5) is 17.1 Å². The van der Waals surface area contributed by atoms with Crippen LogP contribution >= 0.6 is 0 Å². The minimum absolute atomic E-state index is 0.00980. The van der Waals surface area contributed by atoms with Gasteiger partial charge in [0.25, 0.3) is 11.6 Å². The number of nitro benzene ring substituents is 1. The molecule has 1 heterocycles. The van der Waals surface area contributed by atoms with Crippen molar-refractivity contribution in [1.82, 2.24) is 4.98 Å². The van der Waals surface area contributed by atoms with Gasteiger partial charge in [-0.15, -0.1) is 0 Å². The van der Waals surface area contributed by atoms with E-state index in [1.165, 1.54) is 18.2 Å². The fraction of sp³-hybridized carbons (Fsp3) is 0.0909. The maximum atomic E-state index is 12.5. The Morgan fingerprint density at radius 1 is 1.07 bits per heavy atom. The third kappa shape index (κ3) is 3.70. The molecule has 0 saturated heterocycles. The van der Waals surface area contributed by atoms with Crippen LogP contribution in [-0.2, 0) is 0 Å². The summed E-state index contributed by atoms with van der Waals surface area (Å²) in [6.45, 7) is 0. The monoisotopic (exact) mass is 402 g/mol. The van der Waals surface area contributed by atoms with Gasteiger partial charge in [0, 0.05) is 37.1 Å². The van der Waals surface area contributed by atoms with Crippen molar-refractivity contribution in [3.05, 3.63) is 82.4 Å². The van der Waals surface area contributed by atoms with Crippen LogP contribution in [-0.4, -0.2) is 29.9 Å². The van der Waals surface area contributed by atoms with E-state index in [-0.39, 0.29) is 11.3 Å². The molecule has 0 aliphatic carbocycles. The highest BCUT2D eigenvalue weighted by molar-refractivity contribution is 6.07. The summed E-state index contributed by atoms with van der Waals surface area (Å²) >= 11 is 0. The summed E-state index contributed by atoms with van der Waals surface area (Å²) in [5.41, 5.74) is 3.25. The standard InChI is InChI=1S/C22H18N4O4/c1-25(2)16-10-7-14(8-11-16)22-24-18-13-15(9-12-20(18)30-22)23-21(27)17-5-3-4-6-19(17)26(28)29/h3-13H,1-2H3,(H,23,27). The number of benzene rings is 3. The van der Waals surface area contributed by atoms with Gasteiger partial charge in [-0.2, -0.15) is 0 Å². The molecule has 150 valence electrons. The topological polar surface area (TPSA) is 102 Å². The first kappa shape index (κ1) is 19.1. The minimum Gasteiger partial charge on any atom is -0.436 e. The number of amides is 1. The van der Waals surface area contributed by atoms with Gasteiger partial charge in [0.1, 0.15) is 11.1 Å². The molecule has 0 saturated carbocycles. The zero-order valence-corrected chi connectivity index (χ0v) is 16.3. The van der Waals surface area contributed by atoms with E-state index in [9.17, 15) is 14.9 Å². The Bertz CT molecular complexity index is 1250. The highest BCUT2D eigenvalue weighted by Crippen LogP contribution is 2.28. The molecule has 1 aromatic heterocycles. The number of carbonyl (C=O) groups excluding carboxylic acids is 1. The van der Waals surface area contributed by atoms with E-state index in [1.54, 1.807) is 24.3 Å². The number of anilines is 2. The molecule has 0 aliphatic heterocycles. The number of nitro groups is 1. The summed E-state index contributed by atoms with van der Waals surface area (Å²) in [4.78, 5) is 29.6. The molecule has 4 aromatic rings. The summed E-state index contributed by atoms with van der Waals surface area (Å²) in [5.74, 6) is -0.0953. The summed E-state index contributed by atoms with van der Waals surface area (Å²) in [5, 5.41) is 13.8. The number of hydrogen-bond donors (Lipinski definition) is 1. The van der Waals surface area contributed by atoms with Gasteiger partial charge >= 0.3 is 0 Å². The van der Waals surface area contributed by atoms with E-state index in [0.717, 1.165) is 11.3 Å². The van der Waals surface area contributed by atoms with Gasteiger partial charge in [0.05, 0.1) is 4.92 Å². The second-order valence-corrected chi connectivity index (χ2v) is 6.87. The predicted octanol–water partition coefficient (Wildman–Crippen LogP) is 4.72. The van der Waals surface area contributed by atoms with Crippen LogP contribution in [0.1, 0.15) is 10.4 Å². The van der Waals surface area contributed by atoms with Crippen LogP contribution in [0.25, 0.3) is 22.6 Å². The number of nitrogens with zero attached hydrogens (tertiary/aromatic N) is 3. The fourth-order valence-electron chi connectivity index (χ4n) is 3.05. The van der Waals surface area contributed by atoms with E-state index in [4.69, 9.17) is 4.42 Å². The first-order valence-electron chi connectivity index (χ1n) is 9.15. The third-order valence-electron chi connectivity index (χ3n) is 4.62. The number of hydrogen-bond acceptors (Lipinski definition) is 6. The van der Waals surface area contributed by atoms with E-state index in [1.807, 2.05) is 43.3 Å². The van der Waals surface area contributed by atoms with Gasteiger partial charge < -0.3 is 14.6 Å². The second-order valence-electron chi connectivity index (χ2n) is 6.87. The quantitative estimate of drug-likeness (QED) is 0.383. The van der Waals surface area contributed by atoms with Crippen molar-refractivity contribution < 1.29 is 14.1 Å². The molecule has 0 atom stereocenters. The lowest BCUT2D eigenvalue weighted by molar-refractivity contribution is -0.385. The highest BCUT2D eigenvalue weighted by atomic mass is 16.6. The lowest BCUT2D eigenvalue weighted by Crippen LogP contribution is -2.13. The van der Waals surface area contributed by atoms with Gasteiger partial charge in [-0.3, -0.25) is 14.9 Å². The van der Waals surface area contributed by atoms with E-state index >= 15 is 0 Å². The zero-order valence-electron chi connectivity index (χ0n) is 16.3. The number of fused-ring (bicyclic) bond motifs is 1. The van der Waals surface area contributed by atoms with Crippen LogP contribution in [0.5, 0.6) is 0 Å². The maximum Gasteiger partial charge on any atom is 0.282 e. The van der Waals surface area contributed by atoms with Crippen LogP contribution in [0, 0.1) is 10.1 Å². The van der Waals surface area contributed by atoms with Crippen molar-refractivity contribution in [3.8, 4) is 11.5 Å². The lowest BCUT2D eigenvalue weighted by Gasteiger charge is -2.11. The molecule has 8 nitrogen and oxygen atoms in total. The Balaban J connectivity index is 1.60. The molecule has 30 heavy (non-hydrogen) atoms. The average Bonchev–Trinajstić information content (AvgIpc) is 3.17. The van der Waals surface area contributed by atoms with Crippen LogP contribution in [0.2, 0.25) is 0 Å². The van der Waals surface area contributed by atoms with Crippen LogP contribution in [0.3, 0.4) is 0 Å². The molecule has 0 bridgehead atoms. The van der Waals surface area contributed by atoms with Crippen molar-refractivity contribution in [2.75, 3.05) is 24.3 Å². The van der Waals surface area contributed by atoms with E-state index in [2.05, 4.69) is 10.3 Å². The van der Waals surface area contributed by atoms with Gasteiger partial charge in [0.2, 0.25) is 5.89 Å². The summed E-state index contributed by atoms with van der Waals surface area (Å²) in [7, 11) is 3.93. The number of carbonyl (C=O) groups is 1. The smallest absolute Gasteiger partial charge is 0.282 e. The Kier molecular flexibility index (Phi) is 4.89. The maximum absolute atomic E-state index is 12.5. The molecule has 1 N–H and O–H groups in total. The first-order chi connectivity index (χ1) is 14.4. The molecule has 1 amide bonds. The first-order valence-corrected chi connectivity index (χ1v) is 9.15. The molecular weight excluding hydrogens is 384 g/mol. The molecule has 0 spiro atoms. The molecule has 3 aromatic carbocycles. The van der Waals surface area contributed by atoms with Gasteiger partial charge in [0.15, 0.2) is 5.58 Å². The predicted molar refractivity (Wildman–Crippen MR) is 115 cm³/mol. The Morgan fingerprint density at radius 2 is 1.80 bits per heavy atom. The molecule has 4 rings (SSSR count). The molecular formula is C22H18N4O4. The molecule has 8 heteroatoms. The molecule has 0 fully saturated rings. The van der Waals surface area contributed by atoms with Crippen LogP contribution < -0.4 is 10.2 Å². The number of rotatable bonds is 5. The fourth-order valence-corrected chi connectivity index (χ4v) is 3.05. The lowest BCUT2D eigenvalue weighted by atomic mass is 10.1. The SMILES string of the molecule is CN(C)c1ccc(-c2nc3cc(NC(=O)c4ccccc4[N+](=O)[O-])ccc3o2)cc1. The van der Waals surface area contributed by atoms with E-state index < -0.39 is 10.8 Å². The molecule has 0 radical (unpaired) electrons. The van der Waals surface area contributed by atoms with Crippen molar-refractivity contribution >= 4 is 34.1 Å². The summed E-state index contributed by atoms with van der Waals surface area (Å²) < 4.78 is 5.82. The van der Waals surface area contributed by atoms with Crippen LogP contribution in [0.15, 0.2) is 71.1 Å². The van der Waals surface area contributed by atoms with Gasteiger partial charge in [-0.25, -0.2) is 4.98 Å². The molecule has 0 unspecified atom stereocenters. The van der Waals surface area contributed by atoms with E-state index in [0.29, 0.717) is 22.7 Å². The number of oxazole rings is 1. The Morgan fingerprint density at radius 3 is 2.50 bits per heavy atom. The van der Waals surface area contributed by atoms with Crippen molar-refractivity contribution in [1.29, 1.82) is 0 Å². The number of nitrogens with one attached hydrogen (secondary N) is 1. The number of aromatic nitrogens is 1.